The van der Waals surface area contributed by atoms with Gasteiger partial charge >= 0.3 is 5.97 Å². The van der Waals surface area contributed by atoms with Crippen molar-refractivity contribution in [3.05, 3.63) is 0 Å². The van der Waals surface area contributed by atoms with Crippen LogP contribution in [0, 0.1) is 0 Å². The number of carboxylic acids is 1. The van der Waals surface area contributed by atoms with E-state index in [4.69, 9.17) is 10.2 Å². The number of carbonyl (C=O) groups is 1. The number of rotatable bonds is 4. The molecule has 0 spiro atoms. The standard InChI is InChI=1S/C4H8O4S/c5-1-2-9(8)3-4(6)7/h5H,1-3H2,(H,6,7). The van der Waals surface area contributed by atoms with E-state index in [9.17, 15) is 9.00 Å². The summed E-state index contributed by atoms with van der Waals surface area (Å²) in [5.74, 6) is -1.42. The maximum atomic E-state index is 10.4. The summed E-state index contributed by atoms with van der Waals surface area (Å²) in [7, 11) is -1.40. The average Bonchev–Trinajstić information content (AvgIpc) is 1.63. The Morgan fingerprint density at radius 1 is 1.56 bits per heavy atom. The molecule has 0 aliphatic heterocycles. The first-order valence-electron chi connectivity index (χ1n) is 2.34. The Morgan fingerprint density at radius 3 is 2.44 bits per heavy atom. The van der Waals surface area contributed by atoms with Crippen LogP contribution in [0.3, 0.4) is 0 Å². The van der Waals surface area contributed by atoms with Crippen LogP contribution < -0.4 is 0 Å². The van der Waals surface area contributed by atoms with Gasteiger partial charge in [0.1, 0.15) is 5.75 Å². The van der Waals surface area contributed by atoms with E-state index in [1.807, 2.05) is 0 Å². The SMILES string of the molecule is O=C(O)CS(=O)CCO. The molecule has 0 aromatic carbocycles. The molecule has 0 saturated heterocycles. The number of aliphatic hydroxyl groups is 1. The van der Waals surface area contributed by atoms with E-state index in [1.54, 1.807) is 0 Å². The molecular weight excluding hydrogens is 144 g/mol. The monoisotopic (exact) mass is 152 g/mol. The van der Waals surface area contributed by atoms with Gasteiger partial charge in [0, 0.05) is 16.6 Å². The number of aliphatic hydroxyl groups excluding tert-OH is 1. The fraction of sp³-hybridized carbons (Fsp3) is 0.750. The smallest absolute Gasteiger partial charge is 0.316 e. The van der Waals surface area contributed by atoms with Crippen molar-refractivity contribution in [1.82, 2.24) is 0 Å². The molecule has 0 bridgehead atoms. The van der Waals surface area contributed by atoms with Crippen LogP contribution in [0.15, 0.2) is 0 Å². The number of carboxylic acid groups (broad SMARTS) is 1. The highest BCUT2D eigenvalue weighted by Gasteiger charge is 2.03. The second-order valence-corrected chi connectivity index (χ2v) is 2.98. The Morgan fingerprint density at radius 2 is 2.11 bits per heavy atom. The Kier molecular flexibility index (Phi) is 4.25. The first-order valence-corrected chi connectivity index (χ1v) is 3.83. The van der Waals surface area contributed by atoms with Crippen LogP contribution in [0.25, 0.3) is 0 Å². The minimum absolute atomic E-state index is 0.0479. The van der Waals surface area contributed by atoms with Gasteiger partial charge < -0.3 is 10.2 Å². The molecule has 0 radical (unpaired) electrons. The van der Waals surface area contributed by atoms with Crippen molar-refractivity contribution in [2.45, 2.75) is 0 Å². The zero-order valence-corrected chi connectivity index (χ0v) is 5.56. The predicted molar refractivity (Wildman–Crippen MR) is 32.6 cm³/mol. The first-order chi connectivity index (χ1) is 4.16. The normalized spacial score (nSPS) is 13.0. The minimum atomic E-state index is -1.40. The zero-order valence-electron chi connectivity index (χ0n) is 4.74. The van der Waals surface area contributed by atoms with Crippen molar-refractivity contribution in [1.29, 1.82) is 0 Å². The summed E-state index contributed by atoms with van der Waals surface area (Å²) in [5.41, 5.74) is 0. The van der Waals surface area contributed by atoms with E-state index >= 15 is 0 Å². The largest absolute Gasteiger partial charge is 0.481 e. The van der Waals surface area contributed by atoms with Gasteiger partial charge in [0.15, 0.2) is 0 Å². The van der Waals surface area contributed by atoms with Crippen LogP contribution in [0.4, 0.5) is 0 Å². The Hall–Kier alpha value is -0.420. The van der Waals surface area contributed by atoms with Crippen LogP contribution in [0.2, 0.25) is 0 Å². The molecule has 4 nitrogen and oxygen atoms in total. The summed E-state index contributed by atoms with van der Waals surface area (Å²) in [6, 6.07) is 0. The van der Waals surface area contributed by atoms with Gasteiger partial charge in [0.05, 0.1) is 6.61 Å². The lowest BCUT2D eigenvalue weighted by Gasteiger charge is -1.91. The summed E-state index contributed by atoms with van der Waals surface area (Å²) < 4.78 is 10.4. The van der Waals surface area contributed by atoms with Crippen LogP contribution in [-0.4, -0.2) is 38.5 Å². The molecule has 0 rings (SSSR count). The molecule has 0 aliphatic carbocycles. The lowest BCUT2D eigenvalue weighted by molar-refractivity contribution is -0.133. The number of aliphatic carboxylic acids is 1. The maximum absolute atomic E-state index is 10.4. The third kappa shape index (κ3) is 5.45. The fourth-order valence-electron chi connectivity index (χ4n) is 0.312. The molecular formula is C4H8O4S. The summed E-state index contributed by atoms with van der Waals surface area (Å²) in [6.07, 6.45) is 0. The van der Waals surface area contributed by atoms with Gasteiger partial charge in [0.25, 0.3) is 0 Å². The quantitative estimate of drug-likeness (QED) is 0.531. The van der Waals surface area contributed by atoms with Gasteiger partial charge in [-0.1, -0.05) is 0 Å². The molecule has 0 saturated carbocycles. The minimum Gasteiger partial charge on any atom is -0.481 e. The zero-order chi connectivity index (χ0) is 7.28. The highest BCUT2D eigenvalue weighted by molar-refractivity contribution is 7.85. The third-order valence-corrected chi connectivity index (χ3v) is 1.81. The fourth-order valence-corrected chi connectivity index (χ4v) is 0.935. The Bertz CT molecular complexity index is 122. The van der Waals surface area contributed by atoms with E-state index in [0.29, 0.717) is 0 Å². The second kappa shape index (κ2) is 4.46. The van der Waals surface area contributed by atoms with Gasteiger partial charge in [-0.2, -0.15) is 0 Å². The number of hydrogen-bond acceptors (Lipinski definition) is 3. The molecule has 2 N–H and O–H groups in total. The van der Waals surface area contributed by atoms with Gasteiger partial charge in [-0.15, -0.1) is 0 Å². The van der Waals surface area contributed by atoms with Gasteiger partial charge in [-0.05, 0) is 0 Å². The molecule has 0 aromatic rings. The van der Waals surface area contributed by atoms with Crippen molar-refractivity contribution >= 4 is 16.8 Å². The summed E-state index contributed by atoms with van der Waals surface area (Å²) >= 11 is 0. The maximum Gasteiger partial charge on any atom is 0.316 e. The molecule has 5 heteroatoms. The summed E-state index contributed by atoms with van der Waals surface area (Å²) in [4.78, 5) is 9.81. The molecule has 9 heavy (non-hydrogen) atoms. The van der Waals surface area contributed by atoms with Crippen LogP contribution in [-0.2, 0) is 15.6 Å². The van der Waals surface area contributed by atoms with Crippen molar-refractivity contribution in [2.24, 2.45) is 0 Å². The Labute approximate surface area is 55.0 Å². The van der Waals surface area contributed by atoms with Crippen molar-refractivity contribution in [2.75, 3.05) is 18.1 Å². The highest BCUT2D eigenvalue weighted by Crippen LogP contribution is 1.79. The molecule has 0 aromatic heterocycles. The van der Waals surface area contributed by atoms with E-state index < -0.39 is 16.8 Å². The third-order valence-electron chi connectivity index (χ3n) is 0.603. The van der Waals surface area contributed by atoms with Gasteiger partial charge in [-0.3, -0.25) is 9.00 Å². The molecule has 0 amide bonds. The lowest BCUT2D eigenvalue weighted by atomic mass is 10.8. The van der Waals surface area contributed by atoms with E-state index in [-0.39, 0.29) is 18.1 Å². The van der Waals surface area contributed by atoms with Gasteiger partial charge in [-0.25, -0.2) is 0 Å². The predicted octanol–water partition coefficient (Wildman–Crippen LogP) is -1.19. The molecule has 0 fully saturated rings. The first kappa shape index (κ1) is 8.58. The molecule has 0 aliphatic rings. The molecule has 0 heterocycles. The summed E-state index contributed by atoms with van der Waals surface area (Å²) in [5, 5.41) is 16.2. The van der Waals surface area contributed by atoms with E-state index in [2.05, 4.69) is 0 Å². The van der Waals surface area contributed by atoms with E-state index in [1.165, 1.54) is 0 Å². The van der Waals surface area contributed by atoms with Crippen molar-refractivity contribution < 1.29 is 19.2 Å². The molecule has 54 valence electrons. The number of hydrogen-bond donors (Lipinski definition) is 2. The van der Waals surface area contributed by atoms with Crippen LogP contribution in [0.1, 0.15) is 0 Å². The Balaban J connectivity index is 3.39. The molecule has 1 unspecified atom stereocenters. The van der Waals surface area contributed by atoms with E-state index in [0.717, 1.165) is 0 Å². The van der Waals surface area contributed by atoms with Crippen LogP contribution >= 0.6 is 0 Å². The second-order valence-electron chi connectivity index (χ2n) is 1.41. The topological polar surface area (TPSA) is 74.6 Å². The van der Waals surface area contributed by atoms with Crippen molar-refractivity contribution in [3.8, 4) is 0 Å². The highest BCUT2D eigenvalue weighted by atomic mass is 32.2. The van der Waals surface area contributed by atoms with Crippen molar-refractivity contribution in [3.63, 3.8) is 0 Å². The van der Waals surface area contributed by atoms with Crippen LogP contribution in [0.5, 0.6) is 0 Å². The average molecular weight is 152 g/mol. The summed E-state index contributed by atoms with van der Waals surface area (Å²) in [6.45, 7) is -0.222. The lowest BCUT2D eigenvalue weighted by Crippen LogP contribution is -2.13. The molecule has 1 atom stereocenters. The van der Waals surface area contributed by atoms with Gasteiger partial charge in [0.2, 0.25) is 0 Å².